The van der Waals surface area contributed by atoms with Crippen molar-refractivity contribution in [3.8, 4) is 0 Å². The second kappa shape index (κ2) is 7.89. The first-order valence-electron chi connectivity index (χ1n) is 6.52. The van der Waals surface area contributed by atoms with Crippen molar-refractivity contribution < 1.29 is 47.6 Å². The fourth-order valence-electron chi connectivity index (χ4n) is 2.06. The van der Waals surface area contributed by atoms with Crippen molar-refractivity contribution in [3.05, 3.63) is 30.6 Å². The van der Waals surface area contributed by atoms with E-state index in [-0.39, 0.29) is 3.57 Å². The molecule has 26 heavy (non-hydrogen) atoms. The Labute approximate surface area is 157 Å². The summed E-state index contributed by atoms with van der Waals surface area (Å²) in [5, 5.41) is 19.9. The lowest BCUT2D eigenvalue weighted by Crippen LogP contribution is -2.38. The molecule has 0 aliphatic carbocycles. The van der Waals surface area contributed by atoms with Gasteiger partial charge < -0.3 is 38.7 Å². The van der Waals surface area contributed by atoms with Crippen molar-refractivity contribution in [2.75, 3.05) is 6.61 Å². The summed E-state index contributed by atoms with van der Waals surface area (Å²) in [5.74, 6) is 0. The quantitative estimate of drug-likeness (QED) is 0.238. The number of rotatable bonds is 6. The topological polar surface area (TPSA) is 226 Å². The highest BCUT2D eigenvalue weighted by atomic mass is 127. The number of aliphatic hydroxyl groups is 2. The third-order valence-corrected chi connectivity index (χ3v) is 5.97. The molecule has 0 radical (unpaired) electrons. The van der Waals surface area contributed by atoms with Crippen LogP contribution in [0.3, 0.4) is 0 Å². The van der Waals surface area contributed by atoms with Crippen LogP contribution < -0.4 is 25.9 Å². The first kappa shape index (κ1) is 21.8. The fraction of sp³-hybridized carbons (Fsp3) is 0.556. The van der Waals surface area contributed by atoms with Crippen molar-refractivity contribution in [1.29, 1.82) is 0 Å². The summed E-state index contributed by atoms with van der Waals surface area (Å²) in [6, 6.07) is 0. The SMILES string of the molecule is O=c1[nH]c(=O)n([C@@H]2O[C@H](COP(=O)([O-])OP(=O)([O-])[O-])[C@@H](O)[C@H]2O)cc1I. The van der Waals surface area contributed by atoms with E-state index in [0.717, 1.165) is 10.8 Å². The number of aromatic nitrogens is 2. The Morgan fingerprint density at radius 1 is 1.27 bits per heavy atom. The number of nitrogens with one attached hydrogen (secondary N) is 1. The maximum atomic E-state index is 11.8. The van der Waals surface area contributed by atoms with Crippen molar-refractivity contribution in [2.45, 2.75) is 24.5 Å². The van der Waals surface area contributed by atoms with Crippen LogP contribution in [0.2, 0.25) is 0 Å². The van der Waals surface area contributed by atoms with Gasteiger partial charge in [-0.05, 0) is 22.6 Å². The number of aliphatic hydroxyl groups excluding tert-OH is 2. The molecule has 2 heterocycles. The zero-order valence-electron chi connectivity index (χ0n) is 12.3. The largest absolute Gasteiger partial charge is 0.790 e. The fourth-order valence-corrected chi connectivity index (χ4v) is 3.99. The number of phosphoric ester groups is 1. The lowest BCUT2D eigenvalue weighted by Gasteiger charge is -2.35. The van der Waals surface area contributed by atoms with Gasteiger partial charge in [-0.25, -0.2) is 4.79 Å². The summed E-state index contributed by atoms with van der Waals surface area (Å²) >= 11 is 1.60. The Bertz CT molecular complexity index is 878. The third kappa shape index (κ3) is 5.30. The van der Waals surface area contributed by atoms with Crippen LogP contribution in [-0.4, -0.2) is 44.7 Å². The van der Waals surface area contributed by atoms with Crippen LogP contribution in [-0.2, 0) is 22.7 Å². The lowest BCUT2D eigenvalue weighted by molar-refractivity contribution is -0.339. The number of aromatic amines is 1. The van der Waals surface area contributed by atoms with Gasteiger partial charge in [-0.1, -0.05) is 0 Å². The highest BCUT2D eigenvalue weighted by Crippen LogP contribution is 2.50. The molecule has 0 aromatic carbocycles. The van der Waals surface area contributed by atoms with Gasteiger partial charge in [0.15, 0.2) is 6.23 Å². The van der Waals surface area contributed by atoms with E-state index >= 15 is 0 Å². The van der Waals surface area contributed by atoms with Crippen LogP contribution in [0.5, 0.6) is 0 Å². The summed E-state index contributed by atoms with van der Waals surface area (Å²) in [4.78, 5) is 56.9. The molecule has 0 amide bonds. The zero-order valence-corrected chi connectivity index (χ0v) is 16.2. The van der Waals surface area contributed by atoms with Gasteiger partial charge in [-0.2, -0.15) is 0 Å². The Morgan fingerprint density at radius 2 is 1.88 bits per heavy atom. The summed E-state index contributed by atoms with van der Waals surface area (Å²) in [6.45, 7) is -1.02. The maximum absolute atomic E-state index is 11.8. The Balaban J connectivity index is 2.14. The van der Waals surface area contributed by atoms with E-state index in [0.29, 0.717) is 0 Å². The van der Waals surface area contributed by atoms with E-state index < -0.39 is 58.0 Å². The van der Waals surface area contributed by atoms with Gasteiger partial charge in [0.1, 0.15) is 18.3 Å². The number of phosphoric acid groups is 2. The number of H-pyrrole nitrogens is 1. The first-order chi connectivity index (χ1) is 11.8. The van der Waals surface area contributed by atoms with Crippen molar-refractivity contribution in [2.24, 2.45) is 0 Å². The minimum Gasteiger partial charge on any atom is -0.790 e. The van der Waals surface area contributed by atoms with Crippen LogP contribution in [0.15, 0.2) is 15.8 Å². The van der Waals surface area contributed by atoms with Crippen LogP contribution in [0, 0.1) is 3.57 Å². The van der Waals surface area contributed by atoms with E-state index in [2.05, 4.69) is 8.83 Å². The van der Waals surface area contributed by atoms with Crippen molar-refractivity contribution in [1.82, 2.24) is 9.55 Å². The number of ether oxygens (including phenoxy) is 1. The van der Waals surface area contributed by atoms with Gasteiger partial charge in [0.05, 0.1) is 18.0 Å². The van der Waals surface area contributed by atoms with Crippen LogP contribution in [0.1, 0.15) is 6.23 Å². The van der Waals surface area contributed by atoms with Gasteiger partial charge in [-0.15, -0.1) is 0 Å². The van der Waals surface area contributed by atoms with Crippen molar-refractivity contribution >= 4 is 38.2 Å². The summed E-state index contributed by atoms with van der Waals surface area (Å²) in [7, 11) is -11.4. The zero-order chi connectivity index (χ0) is 19.9. The third-order valence-electron chi connectivity index (χ3n) is 3.13. The monoisotopic (exact) mass is 527 g/mol. The van der Waals surface area contributed by atoms with Crippen LogP contribution >= 0.6 is 38.2 Å². The molecule has 0 spiro atoms. The van der Waals surface area contributed by atoms with E-state index in [1.807, 2.05) is 4.98 Å². The molecule has 0 bridgehead atoms. The average molecular weight is 527 g/mol. The number of nitrogens with zero attached hydrogens (tertiary/aromatic N) is 1. The molecule has 1 aliphatic heterocycles. The van der Waals surface area contributed by atoms with Gasteiger partial charge >= 0.3 is 5.69 Å². The smallest absolute Gasteiger partial charge is 0.330 e. The van der Waals surface area contributed by atoms with Crippen molar-refractivity contribution in [3.63, 3.8) is 0 Å². The predicted molar refractivity (Wildman–Crippen MR) is 82.2 cm³/mol. The summed E-state index contributed by atoms with van der Waals surface area (Å²) in [6.07, 6.45) is -5.47. The molecule has 148 valence electrons. The molecule has 2 rings (SSSR count). The first-order valence-corrected chi connectivity index (χ1v) is 10.5. The molecule has 1 fully saturated rings. The van der Waals surface area contributed by atoms with Crippen LogP contribution in [0.4, 0.5) is 0 Å². The molecule has 1 unspecified atom stereocenters. The van der Waals surface area contributed by atoms with E-state index in [1.165, 1.54) is 0 Å². The molecule has 1 aromatic rings. The molecule has 0 saturated carbocycles. The highest BCUT2D eigenvalue weighted by molar-refractivity contribution is 14.1. The summed E-state index contributed by atoms with van der Waals surface area (Å²) in [5.41, 5.74) is -1.66. The Hall–Kier alpha value is -0.450. The Morgan fingerprint density at radius 3 is 2.46 bits per heavy atom. The normalized spacial score (nSPS) is 28.8. The molecule has 1 aromatic heterocycles. The van der Waals surface area contributed by atoms with E-state index in [4.69, 9.17) is 4.74 Å². The average Bonchev–Trinajstić information content (AvgIpc) is 2.75. The molecular weight excluding hydrogens is 517 g/mol. The van der Waals surface area contributed by atoms with E-state index in [9.17, 15) is 43.6 Å². The minimum absolute atomic E-state index is 0.0614. The standard InChI is InChI=1S/C9H13IN2O12P2/c10-3-1-12(9(16)11-7(3)15)8-6(14)5(13)4(23-8)2-22-26(20,21)24-25(17,18)19/h1,4-6,8,13-14H,2H2,(H,20,21)(H,11,15,16)(H2,17,18,19)/p-3/t4-,5-,6-,8-/m1/s1. The number of hydrogen-bond acceptors (Lipinski definition) is 12. The van der Waals surface area contributed by atoms with E-state index in [1.54, 1.807) is 22.6 Å². The molecule has 14 nitrogen and oxygen atoms in total. The maximum Gasteiger partial charge on any atom is 0.330 e. The molecular formula is C9H10IN2O12P2-3. The number of halogens is 1. The second-order valence-corrected chi connectivity index (χ2v) is 8.82. The lowest BCUT2D eigenvalue weighted by atomic mass is 10.1. The molecule has 1 aliphatic rings. The number of hydrogen-bond donors (Lipinski definition) is 3. The van der Waals surface area contributed by atoms with Gasteiger partial charge in [0.2, 0.25) is 0 Å². The van der Waals surface area contributed by atoms with Gasteiger partial charge in [0, 0.05) is 6.20 Å². The second-order valence-electron chi connectivity index (χ2n) is 4.96. The Kier molecular flexibility index (Phi) is 6.63. The molecule has 5 atom stereocenters. The minimum atomic E-state index is -5.89. The summed E-state index contributed by atoms with van der Waals surface area (Å²) < 4.78 is 34.8. The molecule has 17 heteroatoms. The highest BCUT2D eigenvalue weighted by Gasteiger charge is 2.44. The van der Waals surface area contributed by atoms with Crippen LogP contribution in [0.25, 0.3) is 0 Å². The van der Waals surface area contributed by atoms with Gasteiger partial charge in [0.25, 0.3) is 13.4 Å². The molecule has 3 N–H and O–H groups in total. The molecule has 1 saturated heterocycles. The van der Waals surface area contributed by atoms with Gasteiger partial charge in [-0.3, -0.25) is 23.2 Å². The predicted octanol–water partition coefficient (Wildman–Crippen LogP) is -3.91.